The van der Waals surface area contributed by atoms with Gasteiger partial charge in [0.2, 0.25) is 11.8 Å². The van der Waals surface area contributed by atoms with E-state index in [4.69, 9.17) is 5.73 Å². The number of nitrogens with zero attached hydrogens (tertiary/aromatic N) is 3. The minimum Gasteiger partial charge on any atom is -0.368 e. The van der Waals surface area contributed by atoms with Crippen LogP contribution in [0.4, 0.5) is 10.1 Å². The summed E-state index contributed by atoms with van der Waals surface area (Å²) < 4.78 is 15.2. The van der Waals surface area contributed by atoms with Crippen LogP contribution in [-0.4, -0.2) is 32.3 Å². The lowest BCUT2D eigenvalue weighted by molar-refractivity contribution is -0.118. The van der Waals surface area contributed by atoms with Gasteiger partial charge in [0.1, 0.15) is 12.4 Å². The van der Waals surface area contributed by atoms with Gasteiger partial charge in [0.15, 0.2) is 11.0 Å². The Labute approximate surface area is 171 Å². The molecule has 0 saturated heterocycles. The number of nitrogens with two attached hydrogens (primary N) is 1. The molecular formula is C20H20FN5O2S. The zero-order valence-corrected chi connectivity index (χ0v) is 16.8. The van der Waals surface area contributed by atoms with Crippen molar-refractivity contribution < 1.29 is 14.0 Å². The Morgan fingerprint density at radius 2 is 1.97 bits per heavy atom. The Morgan fingerprint density at radius 3 is 2.66 bits per heavy atom. The van der Waals surface area contributed by atoms with Crippen molar-refractivity contribution in [3.8, 4) is 11.4 Å². The van der Waals surface area contributed by atoms with E-state index >= 15 is 0 Å². The molecule has 0 aliphatic rings. The molecule has 0 bridgehead atoms. The second-order valence-corrected chi connectivity index (χ2v) is 7.47. The molecule has 3 N–H and O–H groups in total. The molecule has 0 aliphatic heterocycles. The SMILES string of the molecule is Cc1cccc(-c2nnc(SCC(=O)Nc3ccc(C)c(F)c3)n2CC(N)=O)c1. The monoisotopic (exact) mass is 413 g/mol. The smallest absolute Gasteiger partial charge is 0.237 e. The molecule has 3 rings (SSSR count). The number of hydrogen-bond donors (Lipinski definition) is 2. The highest BCUT2D eigenvalue weighted by atomic mass is 32.2. The average molecular weight is 413 g/mol. The van der Waals surface area contributed by atoms with Gasteiger partial charge in [-0.2, -0.15) is 0 Å². The molecule has 0 radical (unpaired) electrons. The van der Waals surface area contributed by atoms with Crippen molar-refractivity contribution in [3.63, 3.8) is 0 Å². The summed E-state index contributed by atoms with van der Waals surface area (Å²) in [4.78, 5) is 23.8. The van der Waals surface area contributed by atoms with Crippen LogP contribution in [0, 0.1) is 19.7 Å². The molecule has 3 aromatic rings. The largest absolute Gasteiger partial charge is 0.368 e. The molecule has 29 heavy (non-hydrogen) atoms. The van der Waals surface area contributed by atoms with Crippen molar-refractivity contribution >= 4 is 29.3 Å². The first-order valence-corrected chi connectivity index (χ1v) is 9.79. The van der Waals surface area contributed by atoms with Crippen LogP contribution in [0.2, 0.25) is 0 Å². The van der Waals surface area contributed by atoms with Gasteiger partial charge in [-0.3, -0.25) is 14.2 Å². The molecule has 1 aromatic heterocycles. The predicted octanol–water partition coefficient (Wildman–Crippen LogP) is 2.92. The van der Waals surface area contributed by atoms with E-state index in [0.29, 0.717) is 22.2 Å². The van der Waals surface area contributed by atoms with Crippen molar-refractivity contribution in [2.75, 3.05) is 11.1 Å². The number of amides is 2. The Kier molecular flexibility index (Phi) is 6.28. The van der Waals surface area contributed by atoms with Gasteiger partial charge in [-0.25, -0.2) is 4.39 Å². The van der Waals surface area contributed by atoms with E-state index in [1.807, 2.05) is 31.2 Å². The van der Waals surface area contributed by atoms with Crippen LogP contribution < -0.4 is 11.1 Å². The number of aromatic nitrogens is 3. The van der Waals surface area contributed by atoms with Gasteiger partial charge >= 0.3 is 0 Å². The predicted molar refractivity (Wildman–Crippen MR) is 110 cm³/mol. The van der Waals surface area contributed by atoms with E-state index in [-0.39, 0.29) is 24.0 Å². The van der Waals surface area contributed by atoms with Gasteiger partial charge in [0, 0.05) is 11.3 Å². The summed E-state index contributed by atoms with van der Waals surface area (Å²) in [5.74, 6) is -0.750. The van der Waals surface area contributed by atoms with Crippen LogP contribution in [0.25, 0.3) is 11.4 Å². The Bertz CT molecular complexity index is 1070. The van der Waals surface area contributed by atoms with E-state index in [9.17, 15) is 14.0 Å². The van der Waals surface area contributed by atoms with E-state index < -0.39 is 5.91 Å². The third kappa shape index (κ3) is 5.20. The maximum atomic E-state index is 13.6. The molecule has 1 heterocycles. The van der Waals surface area contributed by atoms with E-state index in [2.05, 4.69) is 15.5 Å². The molecule has 0 unspecified atom stereocenters. The molecule has 0 fully saturated rings. The lowest BCUT2D eigenvalue weighted by Crippen LogP contribution is -2.20. The number of thioether (sulfide) groups is 1. The quantitative estimate of drug-likeness (QED) is 0.580. The minimum atomic E-state index is -0.542. The summed E-state index contributed by atoms with van der Waals surface area (Å²) in [5.41, 5.74) is 8.08. The number of nitrogens with one attached hydrogen (secondary N) is 1. The van der Waals surface area contributed by atoms with Crippen molar-refractivity contribution in [2.45, 2.75) is 25.5 Å². The first-order chi connectivity index (χ1) is 13.8. The van der Waals surface area contributed by atoms with Gasteiger partial charge in [-0.1, -0.05) is 41.6 Å². The second kappa shape index (κ2) is 8.87. The third-order valence-corrected chi connectivity index (χ3v) is 5.06. The van der Waals surface area contributed by atoms with Gasteiger partial charge in [-0.15, -0.1) is 10.2 Å². The Hall–Kier alpha value is -3.20. The molecule has 150 valence electrons. The number of primary amides is 1. The first-order valence-electron chi connectivity index (χ1n) is 8.81. The fourth-order valence-electron chi connectivity index (χ4n) is 2.69. The molecule has 7 nitrogen and oxygen atoms in total. The van der Waals surface area contributed by atoms with Gasteiger partial charge in [0.25, 0.3) is 0 Å². The first kappa shape index (κ1) is 20.5. The van der Waals surface area contributed by atoms with Crippen LogP contribution in [-0.2, 0) is 16.1 Å². The number of hydrogen-bond acceptors (Lipinski definition) is 5. The lowest BCUT2D eigenvalue weighted by Gasteiger charge is -2.09. The van der Waals surface area contributed by atoms with Gasteiger partial charge in [-0.05, 0) is 37.6 Å². The minimum absolute atomic E-state index is 0.0141. The highest BCUT2D eigenvalue weighted by Crippen LogP contribution is 2.25. The number of aryl methyl sites for hydroxylation is 2. The maximum absolute atomic E-state index is 13.6. The number of carbonyl (C=O) groups is 2. The topological polar surface area (TPSA) is 103 Å². The van der Waals surface area contributed by atoms with E-state index in [1.165, 1.54) is 6.07 Å². The third-order valence-electron chi connectivity index (χ3n) is 4.10. The van der Waals surface area contributed by atoms with Gasteiger partial charge in [0.05, 0.1) is 5.75 Å². The Morgan fingerprint density at radius 1 is 1.17 bits per heavy atom. The Balaban J connectivity index is 1.75. The fraction of sp³-hybridized carbons (Fsp3) is 0.200. The molecule has 2 amide bonds. The van der Waals surface area contributed by atoms with Crippen LogP contribution in [0.1, 0.15) is 11.1 Å². The number of benzene rings is 2. The van der Waals surface area contributed by atoms with Crippen molar-refractivity contribution in [1.29, 1.82) is 0 Å². The van der Waals surface area contributed by atoms with Crippen LogP contribution in [0.5, 0.6) is 0 Å². The summed E-state index contributed by atoms with van der Waals surface area (Å²) >= 11 is 1.12. The lowest BCUT2D eigenvalue weighted by atomic mass is 10.1. The van der Waals surface area contributed by atoms with Crippen LogP contribution in [0.15, 0.2) is 47.6 Å². The average Bonchev–Trinajstić information content (AvgIpc) is 3.05. The van der Waals surface area contributed by atoms with E-state index in [1.54, 1.807) is 23.6 Å². The summed E-state index contributed by atoms with van der Waals surface area (Å²) in [5, 5.41) is 11.3. The van der Waals surface area contributed by atoms with Crippen molar-refractivity contribution in [2.24, 2.45) is 5.73 Å². The number of anilines is 1. The summed E-state index contributed by atoms with van der Waals surface area (Å²) in [6, 6.07) is 12.1. The molecule has 0 aliphatic carbocycles. The maximum Gasteiger partial charge on any atom is 0.237 e. The highest BCUT2D eigenvalue weighted by molar-refractivity contribution is 7.99. The summed E-state index contributed by atoms with van der Waals surface area (Å²) in [6.45, 7) is 3.49. The molecule has 2 aromatic carbocycles. The van der Waals surface area contributed by atoms with Crippen molar-refractivity contribution in [1.82, 2.24) is 14.8 Å². The number of rotatable bonds is 7. The molecular weight excluding hydrogens is 393 g/mol. The standard InChI is InChI=1S/C20H20FN5O2S/c1-12-4-3-5-14(8-12)19-24-25-20(26(19)10-17(22)27)29-11-18(28)23-15-7-6-13(2)16(21)9-15/h3-9H,10-11H2,1-2H3,(H2,22,27)(H,23,28). The van der Waals surface area contributed by atoms with Crippen LogP contribution in [0.3, 0.4) is 0 Å². The normalized spacial score (nSPS) is 10.7. The zero-order chi connectivity index (χ0) is 21.0. The molecule has 9 heteroatoms. The zero-order valence-electron chi connectivity index (χ0n) is 16.0. The van der Waals surface area contributed by atoms with Gasteiger partial charge < -0.3 is 11.1 Å². The molecule has 0 saturated carbocycles. The van der Waals surface area contributed by atoms with E-state index in [0.717, 1.165) is 22.9 Å². The van der Waals surface area contributed by atoms with Crippen LogP contribution >= 0.6 is 11.8 Å². The second-order valence-electron chi connectivity index (χ2n) is 6.53. The highest BCUT2D eigenvalue weighted by Gasteiger charge is 2.17. The fourth-order valence-corrected chi connectivity index (χ4v) is 3.43. The molecule has 0 atom stereocenters. The number of carbonyl (C=O) groups excluding carboxylic acids is 2. The summed E-state index contributed by atoms with van der Waals surface area (Å²) in [6.07, 6.45) is 0. The number of halogens is 1. The van der Waals surface area contributed by atoms with Crippen molar-refractivity contribution in [3.05, 3.63) is 59.4 Å². The summed E-state index contributed by atoms with van der Waals surface area (Å²) in [7, 11) is 0. The molecule has 0 spiro atoms.